The third-order valence-electron chi connectivity index (χ3n) is 2.55. The van der Waals surface area contributed by atoms with Gasteiger partial charge in [-0.3, -0.25) is 0 Å². The van der Waals surface area contributed by atoms with Crippen molar-refractivity contribution in [2.75, 3.05) is 19.8 Å². The van der Waals surface area contributed by atoms with Crippen LogP contribution in [0, 0.1) is 11.6 Å². The van der Waals surface area contributed by atoms with E-state index < -0.39 is 11.6 Å². The molecule has 0 aliphatic carbocycles. The van der Waals surface area contributed by atoms with Crippen molar-refractivity contribution in [2.24, 2.45) is 0 Å². The molecule has 0 radical (unpaired) electrons. The van der Waals surface area contributed by atoms with Crippen LogP contribution in [0.3, 0.4) is 0 Å². The fraction of sp³-hybridized carbons (Fsp3) is 0.500. The van der Waals surface area contributed by atoms with Crippen LogP contribution in [0.2, 0.25) is 0 Å². The summed E-state index contributed by atoms with van der Waals surface area (Å²) in [5.41, 5.74) is 0. The van der Waals surface area contributed by atoms with Crippen LogP contribution in [-0.2, 0) is 4.74 Å². The number of benzene rings is 1. The average Bonchev–Trinajstić information content (AvgIpc) is 2.31. The van der Waals surface area contributed by atoms with Crippen molar-refractivity contribution in [3.05, 3.63) is 29.8 Å². The number of rotatable bonds is 3. The Morgan fingerprint density at radius 2 is 2.18 bits per heavy atom. The molecule has 17 heavy (non-hydrogen) atoms. The molecule has 1 heterocycles. The zero-order chi connectivity index (χ0) is 12.3. The minimum Gasteiger partial charge on any atom is -0.492 e. The first kappa shape index (κ1) is 12.3. The van der Waals surface area contributed by atoms with Gasteiger partial charge in [0.15, 0.2) is 11.6 Å². The molecule has 0 saturated carbocycles. The summed E-state index contributed by atoms with van der Waals surface area (Å²) in [6.45, 7) is 3.63. The molecule has 2 atom stereocenters. The maximum atomic E-state index is 12.9. The normalized spacial score (nSPS) is 24.6. The second-order valence-electron chi connectivity index (χ2n) is 4.19. The fourth-order valence-electron chi connectivity index (χ4n) is 1.75. The summed E-state index contributed by atoms with van der Waals surface area (Å²) in [7, 11) is 0. The summed E-state index contributed by atoms with van der Waals surface area (Å²) in [5, 5.41) is 3.29. The lowest BCUT2D eigenvalue weighted by molar-refractivity contribution is 0.0353. The predicted molar refractivity (Wildman–Crippen MR) is 59.1 cm³/mol. The molecule has 1 aliphatic rings. The van der Waals surface area contributed by atoms with E-state index in [1.54, 1.807) is 0 Å². The van der Waals surface area contributed by atoms with Crippen molar-refractivity contribution in [3.8, 4) is 5.75 Å². The van der Waals surface area contributed by atoms with Crippen molar-refractivity contribution < 1.29 is 18.3 Å². The number of hydrogen-bond donors (Lipinski definition) is 1. The van der Waals surface area contributed by atoms with Gasteiger partial charge in [-0.25, -0.2) is 8.78 Å². The van der Waals surface area contributed by atoms with Crippen LogP contribution in [0.15, 0.2) is 18.2 Å². The van der Waals surface area contributed by atoms with E-state index in [-0.39, 0.29) is 12.1 Å². The van der Waals surface area contributed by atoms with E-state index in [1.165, 1.54) is 6.07 Å². The van der Waals surface area contributed by atoms with Gasteiger partial charge in [0.2, 0.25) is 0 Å². The van der Waals surface area contributed by atoms with Gasteiger partial charge >= 0.3 is 0 Å². The molecule has 2 unspecified atom stereocenters. The molecule has 1 aliphatic heterocycles. The van der Waals surface area contributed by atoms with Gasteiger partial charge in [0.1, 0.15) is 12.4 Å². The lowest BCUT2D eigenvalue weighted by Gasteiger charge is -2.28. The Hall–Kier alpha value is -1.20. The van der Waals surface area contributed by atoms with Gasteiger partial charge in [-0.15, -0.1) is 0 Å². The van der Waals surface area contributed by atoms with Crippen molar-refractivity contribution in [1.29, 1.82) is 0 Å². The Morgan fingerprint density at radius 1 is 1.35 bits per heavy atom. The van der Waals surface area contributed by atoms with Crippen LogP contribution >= 0.6 is 0 Å². The van der Waals surface area contributed by atoms with Crippen LogP contribution in [0.25, 0.3) is 0 Å². The number of ether oxygens (including phenoxy) is 2. The highest BCUT2D eigenvalue weighted by Gasteiger charge is 2.18. The molecule has 94 valence electrons. The lowest BCUT2D eigenvalue weighted by Crippen LogP contribution is -2.50. The highest BCUT2D eigenvalue weighted by Crippen LogP contribution is 2.15. The number of nitrogens with one attached hydrogen (secondary N) is 1. The van der Waals surface area contributed by atoms with E-state index in [1.807, 2.05) is 6.92 Å². The summed E-state index contributed by atoms with van der Waals surface area (Å²) in [6, 6.07) is 3.86. The lowest BCUT2D eigenvalue weighted by atomic mass is 10.2. The van der Waals surface area contributed by atoms with Crippen molar-refractivity contribution in [1.82, 2.24) is 5.32 Å². The topological polar surface area (TPSA) is 30.5 Å². The minimum absolute atomic E-state index is 0.0758. The third-order valence-corrected chi connectivity index (χ3v) is 2.55. The zero-order valence-electron chi connectivity index (χ0n) is 9.58. The first-order valence-corrected chi connectivity index (χ1v) is 5.57. The third kappa shape index (κ3) is 3.38. The summed E-state index contributed by atoms with van der Waals surface area (Å²) in [6.07, 6.45) is 0. The van der Waals surface area contributed by atoms with Gasteiger partial charge in [-0.2, -0.15) is 0 Å². The number of hydrogen-bond acceptors (Lipinski definition) is 3. The number of morpholine rings is 1. The van der Waals surface area contributed by atoms with E-state index in [0.29, 0.717) is 25.6 Å². The van der Waals surface area contributed by atoms with Gasteiger partial charge in [0, 0.05) is 12.1 Å². The van der Waals surface area contributed by atoms with E-state index in [0.717, 1.165) is 12.1 Å². The Morgan fingerprint density at radius 3 is 2.88 bits per heavy atom. The molecule has 1 aromatic carbocycles. The first-order chi connectivity index (χ1) is 8.15. The second kappa shape index (κ2) is 5.42. The molecule has 1 N–H and O–H groups in total. The summed E-state index contributed by atoms with van der Waals surface area (Å²) in [4.78, 5) is 0. The van der Waals surface area contributed by atoms with Crippen LogP contribution in [0.4, 0.5) is 8.78 Å². The van der Waals surface area contributed by atoms with Crippen molar-refractivity contribution in [3.63, 3.8) is 0 Å². The Bertz CT molecular complexity index is 387. The molecule has 3 nitrogen and oxygen atoms in total. The highest BCUT2D eigenvalue weighted by atomic mass is 19.2. The quantitative estimate of drug-likeness (QED) is 0.876. The molecule has 1 fully saturated rings. The van der Waals surface area contributed by atoms with Crippen molar-refractivity contribution in [2.45, 2.75) is 19.0 Å². The standard InChI is InChI=1S/C12H15F2NO2/c1-8-5-16-6-9(15-8)7-17-10-2-3-11(13)12(14)4-10/h2-4,8-9,15H,5-7H2,1H3. The molecule has 2 rings (SSSR count). The van der Waals surface area contributed by atoms with E-state index in [9.17, 15) is 8.78 Å². The van der Waals surface area contributed by atoms with Gasteiger partial charge in [-0.05, 0) is 19.1 Å². The molecule has 1 aromatic rings. The average molecular weight is 243 g/mol. The molecule has 0 spiro atoms. The number of halogens is 2. The highest BCUT2D eigenvalue weighted by molar-refractivity contribution is 5.23. The SMILES string of the molecule is CC1COCC(COc2ccc(F)c(F)c2)N1. The fourth-order valence-corrected chi connectivity index (χ4v) is 1.75. The molecule has 0 bridgehead atoms. The molecular weight excluding hydrogens is 228 g/mol. The maximum Gasteiger partial charge on any atom is 0.162 e. The second-order valence-corrected chi connectivity index (χ2v) is 4.19. The Kier molecular flexibility index (Phi) is 3.91. The zero-order valence-corrected chi connectivity index (χ0v) is 9.58. The van der Waals surface area contributed by atoms with E-state index in [4.69, 9.17) is 9.47 Å². The largest absolute Gasteiger partial charge is 0.492 e. The summed E-state index contributed by atoms with van der Waals surface area (Å²) < 4.78 is 36.3. The van der Waals surface area contributed by atoms with E-state index >= 15 is 0 Å². The van der Waals surface area contributed by atoms with Gasteiger partial charge in [0.05, 0.1) is 19.3 Å². The molecule has 0 amide bonds. The molecule has 0 aromatic heterocycles. The van der Waals surface area contributed by atoms with Crippen LogP contribution in [-0.4, -0.2) is 31.9 Å². The monoisotopic (exact) mass is 243 g/mol. The summed E-state index contributed by atoms with van der Waals surface area (Å²) in [5.74, 6) is -1.45. The van der Waals surface area contributed by atoms with Gasteiger partial charge in [-0.1, -0.05) is 0 Å². The smallest absolute Gasteiger partial charge is 0.162 e. The molecular formula is C12H15F2NO2. The van der Waals surface area contributed by atoms with Crippen LogP contribution in [0.5, 0.6) is 5.75 Å². The maximum absolute atomic E-state index is 12.9. The van der Waals surface area contributed by atoms with Crippen molar-refractivity contribution >= 4 is 0 Å². The summed E-state index contributed by atoms with van der Waals surface area (Å²) >= 11 is 0. The Balaban J connectivity index is 1.86. The first-order valence-electron chi connectivity index (χ1n) is 5.57. The van der Waals surface area contributed by atoms with Gasteiger partial charge < -0.3 is 14.8 Å². The van der Waals surface area contributed by atoms with E-state index in [2.05, 4.69) is 5.32 Å². The van der Waals surface area contributed by atoms with Gasteiger partial charge in [0.25, 0.3) is 0 Å². The predicted octanol–water partition coefficient (Wildman–Crippen LogP) is 1.72. The van der Waals surface area contributed by atoms with Crippen LogP contribution in [0.1, 0.15) is 6.92 Å². The Labute approximate surface area is 98.7 Å². The molecule has 5 heteroatoms. The van der Waals surface area contributed by atoms with Crippen LogP contribution < -0.4 is 10.1 Å². The minimum atomic E-state index is -0.899. The molecule has 1 saturated heterocycles.